The summed E-state index contributed by atoms with van der Waals surface area (Å²) >= 11 is 0. The molecule has 2 amide bonds. The van der Waals surface area contributed by atoms with E-state index in [0.717, 1.165) is 55.8 Å². The van der Waals surface area contributed by atoms with Crippen molar-refractivity contribution in [3.8, 4) is 0 Å². The number of carbonyl (C=O) groups excluding carboxylic acids is 3. The first kappa shape index (κ1) is 32.0. The Morgan fingerprint density at radius 1 is 1.02 bits per heavy atom. The number of alkyl halides is 1. The molecule has 2 saturated heterocycles. The average Bonchev–Trinajstić information content (AvgIpc) is 3.83. The second-order valence-corrected chi connectivity index (χ2v) is 13.8. The largest absolute Gasteiger partial charge is 0.458 e. The summed E-state index contributed by atoms with van der Waals surface area (Å²) in [4.78, 5) is 42.8. The van der Waals surface area contributed by atoms with Gasteiger partial charge in [0.05, 0.1) is 6.10 Å². The molecule has 0 bridgehead atoms. The number of aromatic nitrogens is 1. The summed E-state index contributed by atoms with van der Waals surface area (Å²) in [7, 11) is 1.83. The van der Waals surface area contributed by atoms with Gasteiger partial charge in [-0.25, -0.2) is 9.18 Å². The molecule has 4 atom stereocenters. The summed E-state index contributed by atoms with van der Waals surface area (Å²) in [6.45, 7) is 1.01. The van der Waals surface area contributed by atoms with Crippen molar-refractivity contribution in [2.45, 2.75) is 95.2 Å². The first-order valence-corrected chi connectivity index (χ1v) is 17.1. The van der Waals surface area contributed by atoms with Crippen LogP contribution in [0.25, 0.3) is 10.9 Å². The van der Waals surface area contributed by atoms with Gasteiger partial charge in [0.2, 0.25) is 11.8 Å². The molecule has 45 heavy (non-hydrogen) atoms. The maximum atomic E-state index is 14.1. The maximum Gasteiger partial charge on any atom is 0.355 e. The van der Waals surface area contributed by atoms with Gasteiger partial charge in [-0.15, -0.1) is 0 Å². The number of fused-ring (bicyclic) bond motifs is 1. The van der Waals surface area contributed by atoms with E-state index in [1.165, 1.54) is 19.3 Å². The van der Waals surface area contributed by atoms with Crippen molar-refractivity contribution >= 4 is 34.4 Å². The lowest BCUT2D eigenvalue weighted by Crippen LogP contribution is -2.50. The molecule has 2 aliphatic heterocycles. The maximum absolute atomic E-state index is 14.1. The van der Waals surface area contributed by atoms with E-state index in [1.807, 2.05) is 34.7 Å². The number of carbonyl (C=O) groups is 3. The van der Waals surface area contributed by atoms with Crippen LogP contribution in [0, 0.1) is 23.7 Å². The van der Waals surface area contributed by atoms with Crippen LogP contribution in [0.1, 0.15) is 87.5 Å². The summed E-state index contributed by atoms with van der Waals surface area (Å²) in [6.07, 6.45) is 11.3. The predicted molar refractivity (Wildman–Crippen MR) is 170 cm³/mol. The van der Waals surface area contributed by atoms with Crippen LogP contribution in [0.2, 0.25) is 0 Å². The van der Waals surface area contributed by atoms with Gasteiger partial charge in [0.15, 0.2) is 0 Å². The summed E-state index contributed by atoms with van der Waals surface area (Å²) < 4.78 is 26.1. The fourth-order valence-corrected chi connectivity index (χ4v) is 8.47. The molecule has 1 aromatic carbocycles. The van der Waals surface area contributed by atoms with Gasteiger partial charge in [-0.2, -0.15) is 0 Å². The zero-order chi connectivity index (χ0) is 31.5. The standard InChI is InChI=1S/C35H49FN4O5/c1-39-30-14-13-26(18-25(30)19-31(39)35(43)45-21-27-8-5-17-44-27)38-33(41)32-28(22-6-3-2-4-7-22)15-16-40(32)34(42)24-11-9-23(10-12-24)29(37)20-36/h13-14,18-19,22-24,27-29,32H,2-12,15-17,20-21,37H2,1H3,(H,38,41)/t23-,24-,27-,28-,29+,32-/m0/s1. The van der Waals surface area contributed by atoms with Crippen molar-refractivity contribution in [1.29, 1.82) is 0 Å². The van der Waals surface area contributed by atoms with Crippen LogP contribution in [0.5, 0.6) is 0 Å². The minimum atomic E-state index is -0.531. The van der Waals surface area contributed by atoms with Gasteiger partial charge in [-0.1, -0.05) is 32.1 Å². The molecule has 2 aliphatic carbocycles. The van der Waals surface area contributed by atoms with E-state index >= 15 is 0 Å². The predicted octanol–water partition coefficient (Wildman–Crippen LogP) is 5.35. The molecule has 4 fully saturated rings. The second-order valence-electron chi connectivity index (χ2n) is 13.8. The summed E-state index contributed by atoms with van der Waals surface area (Å²) in [5.41, 5.74) is 7.91. The van der Waals surface area contributed by atoms with Crippen molar-refractivity contribution in [3.05, 3.63) is 30.0 Å². The Labute approximate surface area is 265 Å². The molecule has 0 radical (unpaired) electrons. The van der Waals surface area contributed by atoms with E-state index in [0.29, 0.717) is 43.3 Å². The van der Waals surface area contributed by atoms with E-state index < -0.39 is 24.7 Å². The number of nitrogens with zero attached hydrogens (tertiary/aromatic N) is 2. The van der Waals surface area contributed by atoms with Crippen LogP contribution in [-0.2, 0) is 26.1 Å². The van der Waals surface area contributed by atoms with Crippen LogP contribution < -0.4 is 11.1 Å². The minimum Gasteiger partial charge on any atom is -0.458 e. The third kappa shape index (κ3) is 6.92. The first-order valence-electron chi connectivity index (χ1n) is 17.1. The number of amides is 2. The number of likely N-dealkylation sites (tertiary alicyclic amines) is 1. The monoisotopic (exact) mass is 624 g/mol. The molecule has 3 N–H and O–H groups in total. The van der Waals surface area contributed by atoms with Crippen LogP contribution in [-0.4, -0.2) is 71.9 Å². The zero-order valence-corrected chi connectivity index (χ0v) is 26.6. The quantitative estimate of drug-likeness (QED) is 0.364. The number of halogens is 1. The second kappa shape index (κ2) is 14.2. The number of hydrogen-bond acceptors (Lipinski definition) is 6. The van der Waals surface area contributed by atoms with Crippen molar-refractivity contribution in [2.24, 2.45) is 36.5 Å². The lowest BCUT2D eigenvalue weighted by atomic mass is 9.76. The fraction of sp³-hybridized carbons (Fsp3) is 0.686. The van der Waals surface area contributed by atoms with Crippen LogP contribution in [0.15, 0.2) is 24.3 Å². The highest BCUT2D eigenvalue weighted by Crippen LogP contribution is 2.41. The molecular formula is C35H49FN4O5. The van der Waals surface area contributed by atoms with E-state index in [2.05, 4.69) is 5.32 Å². The fourth-order valence-electron chi connectivity index (χ4n) is 8.47. The van der Waals surface area contributed by atoms with Gasteiger partial charge in [-0.3, -0.25) is 9.59 Å². The molecule has 6 rings (SSSR count). The summed E-state index contributed by atoms with van der Waals surface area (Å²) in [5, 5.41) is 3.97. The number of hydrogen-bond donors (Lipinski definition) is 2. The minimum absolute atomic E-state index is 0.0420. The van der Waals surface area contributed by atoms with E-state index in [4.69, 9.17) is 15.2 Å². The molecular weight excluding hydrogens is 575 g/mol. The number of aryl methyl sites for hydroxylation is 1. The van der Waals surface area contributed by atoms with Gasteiger partial charge < -0.3 is 30.0 Å². The highest BCUT2D eigenvalue weighted by atomic mass is 19.1. The molecule has 1 aromatic heterocycles. The van der Waals surface area contributed by atoms with Gasteiger partial charge in [0.1, 0.15) is 25.0 Å². The first-order chi connectivity index (χ1) is 21.8. The number of benzene rings is 1. The van der Waals surface area contributed by atoms with Gasteiger partial charge >= 0.3 is 5.97 Å². The Kier molecular flexibility index (Phi) is 10.1. The van der Waals surface area contributed by atoms with E-state index in [9.17, 15) is 18.8 Å². The number of ether oxygens (including phenoxy) is 2. The number of nitrogens with two attached hydrogens (primary N) is 1. The molecule has 0 unspecified atom stereocenters. The average molecular weight is 625 g/mol. The van der Waals surface area contributed by atoms with E-state index in [1.54, 1.807) is 6.07 Å². The molecule has 3 heterocycles. The molecule has 10 heteroatoms. The Morgan fingerprint density at radius 3 is 2.51 bits per heavy atom. The topological polar surface area (TPSA) is 116 Å². The van der Waals surface area contributed by atoms with E-state index in [-0.39, 0.29) is 42.3 Å². The summed E-state index contributed by atoms with van der Waals surface area (Å²) in [6, 6.07) is 6.46. The smallest absolute Gasteiger partial charge is 0.355 e. The van der Waals surface area contributed by atoms with Gasteiger partial charge in [-0.05, 0) is 87.0 Å². The van der Waals surface area contributed by atoms with Crippen molar-refractivity contribution < 1.29 is 28.2 Å². The van der Waals surface area contributed by atoms with Crippen molar-refractivity contribution in [3.63, 3.8) is 0 Å². The van der Waals surface area contributed by atoms with Crippen molar-refractivity contribution in [2.75, 3.05) is 31.7 Å². The van der Waals surface area contributed by atoms with Gasteiger partial charge in [0.25, 0.3) is 0 Å². The normalized spacial score (nSPS) is 28.3. The Hall–Kier alpha value is -2.98. The molecule has 246 valence electrons. The molecule has 0 spiro atoms. The Bertz CT molecular complexity index is 1360. The molecule has 2 aromatic rings. The zero-order valence-electron chi connectivity index (χ0n) is 26.6. The molecule has 2 saturated carbocycles. The number of rotatable bonds is 9. The lowest BCUT2D eigenvalue weighted by molar-refractivity contribution is -0.142. The molecule has 9 nitrogen and oxygen atoms in total. The Morgan fingerprint density at radius 2 is 1.80 bits per heavy atom. The summed E-state index contributed by atoms with van der Waals surface area (Å²) in [5.74, 6) is 0.0600. The number of nitrogens with one attached hydrogen (secondary N) is 1. The number of esters is 1. The van der Waals surface area contributed by atoms with Crippen LogP contribution in [0.3, 0.4) is 0 Å². The third-order valence-electron chi connectivity index (χ3n) is 11.1. The third-order valence-corrected chi connectivity index (χ3v) is 11.1. The van der Waals surface area contributed by atoms with Crippen LogP contribution in [0.4, 0.5) is 10.1 Å². The molecule has 4 aliphatic rings. The van der Waals surface area contributed by atoms with Gasteiger partial charge in [0, 0.05) is 48.7 Å². The number of anilines is 1. The SMILES string of the molecule is Cn1c(C(=O)OC[C@@H]2CCCO2)cc2cc(NC(=O)[C@@H]3[C@H](C4CCCCC4)CCN3C(=O)[C@H]3CC[C@H]([C@H](N)CF)CC3)ccc21. The highest BCUT2D eigenvalue weighted by Gasteiger charge is 2.47. The van der Waals surface area contributed by atoms with Crippen molar-refractivity contribution in [1.82, 2.24) is 9.47 Å². The van der Waals surface area contributed by atoms with Crippen LogP contribution >= 0.6 is 0 Å². The highest BCUT2D eigenvalue weighted by molar-refractivity contribution is 6.01. The Balaban J connectivity index is 1.17. The lowest BCUT2D eigenvalue weighted by Gasteiger charge is -2.36.